The van der Waals surface area contributed by atoms with Gasteiger partial charge in [0.15, 0.2) is 0 Å². The Morgan fingerprint density at radius 3 is 2.52 bits per heavy atom. The fraction of sp³-hybridized carbons (Fsp3) is 0.500. The van der Waals surface area contributed by atoms with E-state index in [4.69, 9.17) is 4.74 Å². The molecule has 1 aliphatic heterocycles. The lowest BCUT2D eigenvalue weighted by Crippen LogP contribution is -2.43. The third-order valence-electron chi connectivity index (χ3n) is 4.30. The van der Waals surface area contributed by atoms with E-state index >= 15 is 0 Å². The largest absolute Gasteiger partial charge is 0.466 e. The number of para-hydroxylation sites is 1. The van der Waals surface area contributed by atoms with Crippen molar-refractivity contribution in [2.75, 3.05) is 38.6 Å². The molecule has 1 heterocycles. The minimum absolute atomic E-state index is 0.0472. The Balaban J connectivity index is 1.86. The van der Waals surface area contributed by atoms with Gasteiger partial charge in [0.1, 0.15) is 0 Å². The highest BCUT2D eigenvalue weighted by Crippen LogP contribution is 2.19. The highest BCUT2D eigenvalue weighted by atomic mass is 16.5. The van der Waals surface area contributed by atoms with E-state index in [0.29, 0.717) is 43.8 Å². The molecule has 25 heavy (non-hydrogen) atoms. The van der Waals surface area contributed by atoms with Gasteiger partial charge in [0, 0.05) is 25.8 Å². The van der Waals surface area contributed by atoms with Crippen LogP contribution in [0.3, 0.4) is 0 Å². The van der Waals surface area contributed by atoms with Crippen LogP contribution in [0.1, 0.15) is 30.1 Å². The van der Waals surface area contributed by atoms with E-state index in [0.717, 1.165) is 0 Å². The third kappa shape index (κ3) is 4.95. The van der Waals surface area contributed by atoms with E-state index in [9.17, 15) is 14.4 Å². The molecule has 1 aliphatic rings. The fourth-order valence-corrected chi connectivity index (χ4v) is 2.88. The minimum Gasteiger partial charge on any atom is -0.466 e. The number of benzene rings is 1. The molecule has 0 radical (unpaired) electrons. The quantitative estimate of drug-likeness (QED) is 0.757. The summed E-state index contributed by atoms with van der Waals surface area (Å²) in [4.78, 5) is 37.7. The molecule has 1 aromatic rings. The number of carbonyl (C=O) groups excluding carboxylic acids is 3. The molecule has 0 spiro atoms. The summed E-state index contributed by atoms with van der Waals surface area (Å²) in [6, 6.07) is 7.06. The van der Waals surface area contributed by atoms with Gasteiger partial charge in [-0.25, -0.2) is 0 Å². The van der Waals surface area contributed by atoms with Crippen molar-refractivity contribution in [3.05, 3.63) is 29.8 Å². The van der Waals surface area contributed by atoms with Crippen molar-refractivity contribution in [1.82, 2.24) is 10.2 Å². The van der Waals surface area contributed by atoms with Crippen LogP contribution in [0.25, 0.3) is 0 Å². The van der Waals surface area contributed by atoms with Crippen LogP contribution >= 0.6 is 0 Å². The molecular formula is C18H25N3O4. The predicted molar refractivity (Wildman–Crippen MR) is 94.3 cm³/mol. The summed E-state index contributed by atoms with van der Waals surface area (Å²) in [5, 5.41) is 5.62. The summed E-state index contributed by atoms with van der Waals surface area (Å²) in [5.41, 5.74) is 1.12. The van der Waals surface area contributed by atoms with Gasteiger partial charge in [-0.15, -0.1) is 0 Å². The molecule has 0 unspecified atom stereocenters. The number of carbonyl (C=O) groups is 3. The number of piperidine rings is 1. The number of hydrogen-bond donors (Lipinski definition) is 2. The minimum atomic E-state index is -0.203. The van der Waals surface area contributed by atoms with Crippen LogP contribution in [-0.2, 0) is 14.3 Å². The molecular weight excluding hydrogens is 322 g/mol. The molecule has 0 aromatic heterocycles. The van der Waals surface area contributed by atoms with Gasteiger partial charge in [0.2, 0.25) is 5.91 Å². The summed E-state index contributed by atoms with van der Waals surface area (Å²) in [5.74, 6) is -0.544. The van der Waals surface area contributed by atoms with Crippen LogP contribution in [0, 0.1) is 5.92 Å². The van der Waals surface area contributed by atoms with Crippen molar-refractivity contribution in [1.29, 1.82) is 0 Å². The van der Waals surface area contributed by atoms with Gasteiger partial charge in [-0.3, -0.25) is 14.4 Å². The van der Waals surface area contributed by atoms with E-state index in [1.165, 1.54) is 0 Å². The van der Waals surface area contributed by atoms with Crippen LogP contribution in [0.15, 0.2) is 24.3 Å². The average molecular weight is 347 g/mol. The van der Waals surface area contributed by atoms with Crippen LogP contribution in [0.5, 0.6) is 0 Å². The lowest BCUT2D eigenvalue weighted by atomic mass is 9.97. The third-order valence-corrected chi connectivity index (χ3v) is 4.30. The Bertz CT molecular complexity index is 625. The zero-order valence-electron chi connectivity index (χ0n) is 14.7. The Kier molecular flexibility index (Phi) is 6.80. The first-order valence-corrected chi connectivity index (χ1v) is 8.56. The van der Waals surface area contributed by atoms with Gasteiger partial charge in [-0.1, -0.05) is 12.1 Å². The van der Waals surface area contributed by atoms with E-state index in [-0.39, 0.29) is 30.2 Å². The maximum absolute atomic E-state index is 12.4. The average Bonchev–Trinajstić information content (AvgIpc) is 2.66. The number of ether oxygens (including phenoxy) is 1. The molecule has 0 aliphatic carbocycles. The molecule has 0 bridgehead atoms. The molecule has 7 nitrogen and oxygen atoms in total. The van der Waals surface area contributed by atoms with Crippen LogP contribution in [0.4, 0.5) is 5.69 Å². The number of nitrogens with zero attached hydrogens (tertiary/aromatic N) is 1. The summed E-state index contributed by atoms with van der Waals surface area (Å²) in [7, 11) is 1.57. The smallest absolute Gasteiger partial charge is 0.309 e. The summed E-state index contributed by atoms with van der Waals surface area (Å²) >= 11 is 0. The molecule has 0 saturated carbocycles. The van der Waals surface area contributed by atoms with Crippen molar-refractivity contribution >= 4 is 23.5 Å². The highest BCUT2D eigenvalue weighted by molar-refractivity contribution is 5.99. The van der Waals surface area contributed by atoms with Gasteiger partial charge in [0.05, 0.1) is 24.6 Å². The first kappa shape index (κ1) is 18.8. The molecule has 2 amide bonds. The van der Waals surface area contributed by atoms with Crippen LogP contribution < -0.4 is 10.6 Å². The summed E-state index contributed by atoms with van der Waals surface area (Å²) in [6.07, 6.45) is 1.25. The van der Waals surface area contributed by atoms with Gasteiger partial charge < -0.3 is 20.3 Å². The molecule has 1 fully saturated rings. The molecule has 2 N–H and O–H groups in total. The highest BCUT2D eigenvalue weighted by Gasteiger charge is 2.28. The Morgan fingerprint density at radius 2 is 1.88 bits per heavy atom. The molecule has 0 atom stereocenters. The van der Waals surface area contributed by atoms with Crippen molar-refractivity contribution in [2.24, 2.45) is 5.92 Å². The zero-order chi connectivity index (χ0) is 18.2. The number of nitrogens with one attached hydrogen (secondary N) is 2. The SMILES string of the molecule is CCOC(=O)C1CCN(C(=O)CNc2ccccc2C(=O)NC)CC1. The standard InChI is InChI=1S/C18H25N3O4/c1-3-25-18(24)13-8-10-21(11-9-13)16(22)12-20-15-7-5-4-6-14(15)17(23)19-2/h4-7,13,20H,3,8-12H2,1-2H3,(H,19,23). The van der Waals surface area contributed by atoms with Crippen molar-refractivity contribution in [3.8, 4) is 0 Å². The Morgan fingerprint density at radius 1 is 1.20 bits per heavy atom. The van der Waals surface area contributed by atoms with Gasteiger partial charge in [-0.05, 0) is 31.9 Å². The molecule has 7 heteroatoms. The normalized spacial score (nSPS) is 14.7. The second kappa shape index (κ2) is 9.05. The number of rotatable bonds is 6. The van der Waals surface area contributed by atoms with Gasteiger partial charge in [-0.2, -0.15) is 0 Å². The van der Waals surface area contributed by atoms with E-state index in [2.05, 4.69) is 10.6 Å². The molecule has 2 rings (SSSR count). The predicted octanol–water partition coefficient (Wildman–Crippen LogP) is 1.26. The number of anilines is 1. The van der Waals surface area contributed by atoms with Crippen LogP contribution in [0.2, 0.25) is 0 Å². The summed E-state index contributed by atoms with van der Waals surface area (Å²) < 4.78 is 5.04. The van der Waals surface area contributed by atoms with Gasteiger partial charge >= 0.3 is 5.97 Å². The zero-order valence-corrected chi connectivity index (χ0v) is 14.7. The molecule has 136 valence electrons. The van der Waals surface area contributed by atoms with Crippen molar-refractivity contribution in [3.63, 3.8) is 0 Å². The number of likely N-dealkylation sites (tertiary alicyclic amines) is 1. The molecule has 1 saturated heterocycles. The lowest BCUT2D eigenvalue weighted by molar-refractivity contribution is -0.151. The lowest BCUT2D eigenvalue weighted by Gasteiger charge is -2.31. The number of amides is 2. The maximum atomic E-state index is 12.4. The Labute approximate surface area is 147 Å². The molecule has 1 aromatic carbocycles. The van der Waals surface area contributed by atoms with Crippen molar-refractivity contribution < 1.29 is 19.1 Å². The second-order valence-electron chi connectivity index (χ2n) is 5.89. The van der Waals surface area contributed by atoms with Gasteiger partial charge in [0.25, 0.3) is 5.91 Å². The van der Waals surface area contributed by atoms with Crippen molar-refractivity contribution in [2.45, 2.75) is 19.8 Å². The number of esters is 1. The second-order valence-corrected chi connectivity index (χ2v) is 5.89. The van der Waals surface area contributed by atoms with Crippen LogP contribution in [-0.4, -0.2) is 56.0 Å². The number of hydrogen-bond acceptors (Lipinski definition) is 5. The topological polar surface area (TPSA) is 87.7 Å². The fourth-order valence-electron chi connectivity index (χ4n) is 2.88. The first-order valence-electron chi connectivity index (χ1n) is 8.56. The van der Waals surface area contributed by atoms with E-state index in [1.54, 1.807) is 37.1 Å². The first-order chi connectivity index (χ1) is 12.1. The monoisotopic (exact) mass is 347 g/mol. The summed E-state index contributed by atoms with van der Waals surface area (Å²) in [6.45, 7) is 3.37. The van der Waals surface area contributed by atoms with E-state index in [1.807, 2.05) is 6.07 Å². The van der Waals surface area contributed by atoms with E-state index < -0.39 is 0 Å². The maximum Gasteiger partial charge on any atom is 0.309 e. The Hall–Kier alpha value is -2.57.